The number of benzene rings is 1. The second-order valence-electron chi connectivity index (χ2n) is 6.64. The zero-order chi connectivity index (χ0) is 23.4. The van der Waals surface area contributed by atoms with Gasteiger partial charge in [-0.3, -0.25) is 14.2 Å². The van der Waals surface area contributed by atoms with Crippen molar-refractivity contribution >= 4 is 23.5 Å². The number of ether oxygens (including phenoxy) is 1. The molecule has 0 aliphatic rings. The van der Waals surface area contributed by atoms with Crippen LogP contribution >= 0.6 is 11.6 Å². The third-order valence-corrected chi connectivity index (χ3v) is 5.08. The molecule has 3 aromatic rings. The molecule has 0 aliphatic carbocycles. The Bertz CT molecular complexity index is 1140. The van der Waals surface area contributed by atoms with Gasteiger partial charge in [-0.2, -0.15) is 10.2 Å². The topological polar surface area (TPSA) is 61.9 Å². The Hall–Kier alpha value is -3.14. The summed E-state index contributed by atoms with van der Waals surface area (Å²) in [6.45, 7) is 2.11. The Morgan fingerprint density at radius 2 is 1.94 bits per heavy atom. The van der Waals surface area contributed by atoms with Crippen LogP contribution in [0.3, 0.4) is 0 Å². The largest absolute Gasteiger partial charge is 0.496 e. The van der Waals surface area contributed by atoms with E-state index < -0.39 is 29.3 Å². The van der Waals surface area contributed by atoms with E-state index in [2.05, 4.69) is 10.2 Å². The van der Waals surface area contributed by atoms with Crippen LogP contribution in [0.15, 0.2) is 36.5 Å². The number of aromatic nitrogens is 4. The Kier molecular flexibility index (Phi) is 7.34. The predicted octanol–water partition coefficient (Wildman–Crippen LogP) is 5.58. The Labute approximate surface area is 186 Å². The molecular weight excluding hydrogens is 452 g/mol. The molecule has 0 N–H and O–H groups in total. The van der Waals surface area contributed by atoms with Crippen molar-refractivity contribution in [3.8, 4) is 5.75 Å². The number of carbonyl (C=O) groups is 1. The highest BCUT2D eigenvalue weighted by molar-refractivity contribution is 6.32. The van der Waals surface area contributed by atoms with Crippen molar-refractivity contribution in [3.63, 3.8) is 0 Å². The Balaban J connectivity index is 1.93. The summed E-state index contributed by atoms with van der Waals surface area (Å²) in [6.07, 6.45) is -1.76. The lowest BCUT2D eigenvalue weighted by molar-refractivity contribution is 0.103. The van der Waals surface area contributed by atoms with E-state index in [0.29, 0.717) is 29.1 Å². The first-order valence-corrected chi connectivity index (χ1v) is 9.88. The van der Waals surface area contributed by atoms with Gasteiger partial charge in [-0.25, -0.2) is 17.6 Å². The van der Waals surface area contributed by atoms with Crippen LogP contribution in [0.4, 0.5) is 17.6 Å². The normalized spacial score (nSPS) is 11.8. The highest BCUT2D eigenvalue weighted by Crippen LogP contribution is 2.35. The molecule has 32 heavy (non-hydrogen) atoms. The molecule has 0 saturated carbocycles. The van der Waals surface area contributed by atoms with Gasteiger partial charge in [0, 0.05) is 18.3 Å². The highest BCUT2D eigenvalue weighted by Gasteiger charge is 2.28. The van der Waals surface area contributed by atoms with E-state index in [-0.39, 0.29) is 12.3 Å². The molecule has 2 aromatic heterocycles. The molecule has 0 saturated heterocycles. The fourth-order valence-electron chi connectivity index (χ4n) is 3.18. The van der Waals surface area contributed by atoms with Crippen LogP contribution in [0.5, 0.6) is 5.75 Å². The predicted molar refractivity (Wildman–Crippen MR) is 111 cm³/mol. The van der Waals surface area contributed by atoms with E-state index in [9.17, 15) is 22.4 Å². The number of ketones is 1. The van der Waals surface area contributed by atoms with Crippen molar-refractivity contribution < 1.29 is 27.1 Å². The lowest BCUT2D eigenvalue weighted by Crippen LogP contribution is -2.09. The van der Waals surface area contributed by atoms with E-state index in [1.807, 2.05) is 6.92 Å². The highest BCUT2D eigenvalue weighted by atomic mass is 35.5. The van der Waals surface area contributed by atoms with Gasteiger partial charge in [-0.15, -0.1) is 0 Å². The number of aryl methyl sites for hydroxylation is 1. The summed E-state index contributed by atoms with van der Waals surface area (Å²) in [7, 11) is 1.39. The van der Waals surface area contributed by atoms with Gasteiger partial charge in [0.2, 0.25) is 5.78 Å². The van der Waals surface area contributed by atoms with Crippen molar-refractivity contribution in [3.05, 3.63) is 69.8 Å². The van der Waals surface area contributed by atoms with Crippen molar-refractivity contribution in [2.45, 2.75) is 32.9 Å². The summed E-state index contributed by atoms with van der Waals surface area (Å²) >= 11 is 5.72. The van der Waals surface area contributed by atoms with E-state index in [1.165, 1.54) is 19.4 Å². The molecule has 0 bridgehead atoms. The minimum absolute atomic E-state index is 0.262. The number of halogens is 5. The summed E-state index contributed by atoms with van der Waals surface area (Å²) in [5, 5.41) is 6.86. The molecule has 0 amide bonds. The molecule has 3 rings (SSSR count). The van der Waals surface area contributed by atoms with Gasteiger partial charge in [-0.1, -0.05) is 23.7 Å². The molecule has 0 atom stereocenters. The number of rotatable bonds is 9. The van der Waals surface area contributed by atoms with Gasteiger partial charge in [0.05, 0.1) is 18.7 Å². The maximum absolute atomic E-state index is 13.5. The fraction of sp³-hybridized carbons (Fsp3) is 0.286. The van der Waals surface area contributed by atoms with Gasteiger partial charge in [0.15, 0.2) is 0 Å². The van der Waals surface area contributed by atoms with Crippen LogP contribution in [0, 0.1) is 0 Å². The molecule has 2 heterocycles. The van der Waals surface area contributed by atoms with Crippen molar-refractivity contribution in [1.29, 1.82) is 0 Å². The summed E-state index contributed by atoms with van der Waals surface area (Å²) < 4.78 is 60.7. The van der Waals surface area contributed by atoms with Gasteiger partial charge in [0.25, 0.3) is 12.9 Å². The molecule has 1 aromatic carbocycles. The van der Waals surface area contributed by atoms with Crippen LogP contribution in [0.1, 0.15) is 52.8 Å². The smallest absolute Gasteiger partial charge is 0.283 e. The number of hydrogen-bond donors (Lipinski definition) is 0. The SMILES string of the molecule is CCn1nccc1C(=O)/C=C/c1ccc(OC)c(Cn2nc(C(F)F)c(Cl)c2C(F)F)c1. The first kappa shape index (κ1) is 23.5. The first-order valence-electron chi connectivity index (χ1n) is 9.50. The molecule has 6 nitrogen and oxygen atoms in total. The van der Waals surface area contributed by atoms with Crippen LogP contribution in [-0.2, 0) is 13.1 Å². The zero-order valence-electron chi connectivity index (χ0n) is 17.1. The lowest BCUT2D eigenvalue weighted by Gasteiger charge is -2.12. The maximum Gasteiger partial charge on any atom is 0.283 e. The average molecular weight is 471 g/mol. The van der Waals surface area contributed by atoms with Crippen LogP contribution in [0.2, 0.25) is 5.02 Å². The van der Waals surface area contributed by atoms with Crippen LogP contribution in [-0.4, -0.2) is 32.5 Å². The Morgan fingerprint density at radius 1 is 1.19 bits per heavy atom. The van der Waals surface area contributed by atoms with E-state index >= 15 is 0 Å². The maximum atomic E-state index is 13.5. The first-order chi connectivity index (χ1) is 15.3. The minimum atomic E-state index is -3.10. The second kappa shape index (κ2) is 9.99. The van der Waals surface area contributed by atoms with Crippen LogP contribution in [0.25, 0.3) is 6.08 Å². The average Bonchev–Trinajstić information content (AvgIpc) is 3.36. The number of methoxy groups -OCH3 is 1. The summed E-state index contributed by atoms with van der Waals surface area (Å²) in [6, 6.07) is 6.44. The molecule has 0 radical (unpaired) electrons. The fourth-order valence-corrected chi connectivity index (χ4v) is 3.48. The summed E-state index contributed by atoms with van der Waals surface area (Å²) in [4.78, 5) is 12.4. The number of allylic oxidation sites excluding steroid dienone is 1. The van der Waals surface area contributed by atoms with Gasteiger partial charge >= 0.3 is 0 Å². The van der Waals surface area contributed by atoms with Gasteiger partial charge < -0.3 is 4.74 Å². The standard InChI is InChI=1S/C21H19ClF4N4O2/c1-3-29-14(8-9-27-29)15(31)6-4-12-5-7-16(32-2)13(10-12)11-30-19(21(25)26)17(22)18(28-30)20(23)24/h4-10,20-21H,3,11H2,1-2H3/b6-4+. The summed E-state index contributed by atoms with van der Waals surface area (Å²) in [5.74, 6) is 0.0742. The molecule has 11 heteroatoms. The second-order valence-corrected chi connectivity index (χ2v) is 7.02. The Morgan fingerprint density at radius 3 is 2.56 bits per heavy atom. The number of alkyl halides is 4. The molecule has 0 spiro atoms. The molecule has 170 valence electrons. The van der Waals surface area contributed by atoms with Crippen LogP contribution < -0.4 is 4.74 Å². The van der Waals surface area contributed by atoms with E-state index in [0.717, 1.165) is 4.68 Å². The quantitative estimate of drug-likeness (QED) is 0.233. The van der Waals surface area contributed by atoms with Gasteiger partial charge in [0.1, 0.15) is 22.8 Å². The third kappa shape index (κ3) is 4.85. The van der Waals surface area contributed by atoms with E-state index in [1.54, 1.807) is 35.0 Å². The zero-order valence-corrected chi connectivity index (χ0v) is 17.9. The van der Waals surface area contributed by atoms with Gasteiger partial charge in [-0.05, 0) is 36.8 Å². The molecule has 0 fully saturated rings. The summed E-state index contributed by atoms with van der Waals surface area (Å²) in [5.41, 5.74) is -0.321. The minimum Gasteiger partial charge on any atom is -0.496 e. The molecular formula is C21H19ClF4N4O2. The monoisotopic (exact) mass is 470 g/mol. The van der Waals surface area contributed by atoms with E-state index in [4.69, 9.17) is 16.3 Å². The van der Waals surface area contributed by atoms with Crippen molar-refractivity contribution in [1.82, 2.24) is 19.6 Å². The third-order valence-electron chi connectivity index (χ3n) is 4.69. The molecule has 0 unspecified atom stereocenters. The lowest BCUT2D eigenvalue weighted by atomic mass is 10.1. The van der Waals surface area contributed by atoms with Crippen molar-refractivity contribution in [2.75, 3.05) is 7.11 Å². The number of nitrogens with zero attached hydrogens (tertiary/aromatic N) is 4. The number of hydrogen-bond acceptors (Lipinski definition) is 4. The van der Waals surface area contributed by atoms with Crippen molar-refractivity contribution in [2.24, 2.45) is 0 Å². The number of carbonyl (C=O) groups excluding carboxylic acids is 1. The molecule has 0 aliphatic heterocycles.